The lowest BCUT2D eigenvalue weighted by molar-refractivity contribution is 0.0272. The molecule has 0 fully saturated rings. The van der Waals surface area contributed by atoms with E-state index in [-0.39, 0.29) is 6.09 Å². The van der Waals surface area contributed by atoms with E-state index in [1.54, 1.807) is 13.1 Å². The normalized spacial score (nSPS) is 12.9. The largest absolute Gasteiger partial charge is 0.444 e. The maximum atomic E-state index is 11.8. The van der Waals surface area contributed by atoms with Gasteiger partial charge in [-0.25, -0.2) is 4.79 Å². The van der Waals surface area contributed by atoms with Crippen molar-refractivity contribution >= 4 is 6.09 Å². The molecule has 1 N–H and O–H groups in total. The number of hydrogen-bond donors (Lipinski definition) is 1. The zero-order valence-electron chi connectivity index (χ0n) is 12.9. The van der Waals surface area contributed by atoms with E-state index in [1.165, 1.54) is 4.90 Å². The standard InChI is InChI=1S/C15H24N2O3/c1-11-7-6-8-12(16-11)13(18)9-10-17(5)14(19)20-15(2,3)4/h6-8,13,18H,9-10H2,1-5H3. The quantitative estimate of drug-likeness (QED) is 0.921. The van der Waals surface area contributed by atoms with E-state index in [0.29, 0.717) is 18.7 Å². The topological polar surface area (TPSA) is 62.7 Å². The van der Waals surface area contributed by atoms with Gasteiger partial charge in [-0.15, -0.1) is 0 Å². The van der Waals surface area contributed by atoms with Crippen LogP contribution in [-0.4, -0.2) is 40.3 Å². The van der Waals surface area contributed by atoms with Gasteiger partial charge in [0.1, 0.15) is 5.60 Å². The molecule has 0 aliphatic heterocycles. The van der Waals surface area contributed by atoms with Gasteiger partial charge in [-0.05, 0) is 46.2 Å². The molecule has 5 heteroatoms. The van der Waals surface area contributed by atoms with E-state index in [9.17, 15) is 9.90 Å². The third-order valence-electron chi connectivity index (χ3n) is 2.69. The van der Waals surface area contributed by atoms with Gasteiger partial charge in [-0.3, -0.25) is 4.98 Å². The fraction of sp³-hybridized carbons (Fsp3) is 0.600. The predicted octanol–water partition coefficient (Wildman–Crippen LogP) is 2.68. The van der Waals surface area contributed by atoms with Crippen LogP contribution in [-0.2, 0) is 4.74 Å². The fourth-order valence-electron chi connectivity index (χ4n) is 1.64. The van der Waals surface area contributed by atoms with Gasteiger partial charge in [0.2, 0.25) is 0 Å². The first kappa shape index (κ1) is 16.4. The Morgan fingerprint density at radius 2 is 2.10 bits per heavy atom. The van der Waals surface area contributed by atoms with Crippen LogP contribution in [0.3, 0.4) is 0 Å². The highest BCUT2D eigenvalue weighted by Gasteiger charge is 2.20. The van der Waals surface area contributed by atoms with Gasteiger partial charge in [0.05, 0.1) is 11.8 Å². The molecule has 1 amide bonds. The summed E-state index contributed by atoms with van der Waals surface area (Å²) in [4.78, 5) is 17.5. The molecule has 1 unspecified atom stereocenters. The molecule has 0 saturated carbocycles. The highest BCUT2D eigenvalue weighted by Crippen LogP contribution is 2.16. The van der Waals surface area contributed by atoms with Crippen molar-refractivity contribution in [3.05, 3.63) is 29.6 Å². The van der Waals surface area contributed by atoms with Crippen LogP contribution < -0.4 is 0 Å². The molecule has 112 valence electrons. The number of aromatic nitrogens is 1. The van der Waals surface area contributed by atoms with Crippen LogP contribution in [0.5, 0.6) is 0 Å². The molecule has 0 aliphatic rings. The van der Waals surface area contributed by atoms with Gasteiger partial charge in [-0.2, -0.15) is 0 Å². The highest BCUT2D eigenvalue weighted by atomic mass is 16.6. The molecule has 0 bridgehead atoms. The van der Waals surface area contributed by atoms with E-state index in [4.69, 9.17) is 4.74 Å². The van der Waals surface area contributed by atoms with Gasteiger partial charge < -0.3 is 14.7 Å². The van der Waals surface area contributed by atoms with Crippen LogP contribution in [0.1, 0.15) is 44.7 Å². The van der Waals surface area contributed by atoms with Crippen molar-refractivity contribution in [2.24, 2.45) is 0 Å². The molecule has 0 aromatic carbocycles. The van der Waals surface area contributed by atoms with Gasteiger partial charge >= 0.3 is 6.09 Å². The number of hydrogen-bond acceptors (Lipinski definition) is 4. The SMILES string of the molecule is Cc1cccc(C(O)CCN(C)C(=O)OC(C)(C)C)n1. The average Bonchev–Trinajstić information content (AvgIpc) is 2.33. The molecular weight excluding hydrogens is 256 g/mol. The number of amides is 1. The molecule has 0 aliphatic carbocycles. The number of aliphatic hydroxyl groups excluding tert-OH is 1. The molecule has 0 radical (unpaired) electrons. The number of nitrogens with zero attached hydrogens (tertiary/aromatic N) is 2. The van der Waals surface area contributed by atoms with Gasteiger partial charge in [-0.1, -0.05) is 6.07 Å². The number of carbonyl (C=O) groups is 1. The van der Waals surface area contributed by atoms with Crippen LogP contribution in [0, 0.1) is 6.92 Å². The minimum Gasteiger partial charge on any atom is -0.444 e. The summed E-state index contributed by atoms with van der Waals surface area (Å²) in [6.45, 7) is 7.76. The summed E-state index contributed by atoms with van der Waals surface area (Å²) in [5, 5.41) is 10.1. The molecule has 0 saturated heterocycles. The van der Waals surface area contributed by atoms with Crippen molar-refractivity contribution in [2.75, 3.05) is 13.6 Å². The van der Waals surface area contributed by atoms with Crippen molar-refractivity contribution in [3.8, 4) is 0 Å². The Morgan fingerprint density at radius 1 is 1.45 bits per heavy atom. The number of aliphatic hydroxyl groups is 1. The first-order chi connectivity index (χ1) is 9.19. The third-order valence-corrected chi connectivity index (χ3v) is 2.69. The summed E-state index contributed by atoms with van der Waals surface area (Å²) in [7, 11) is 1.66. The molecule has 1 aromatic rings. The minimum absolute atomic E-state index is 0.387. The Kier molecular flexibility index (Phi) is 5.51. The summed E-state index contributed by atoms with van der Waals surface area (Å²) in [5.74, 6) is 0. The number of ether oxygens (including phenoxy) is 1. The van der Waals surface area contributed by atoms with Crippen LogP contribution in [0.2, 0.25) is 0 Å². The Bertz CT molecular complexity index is 455. The van der Waals surface area contributed by atoms with Crippen LogP contribution >= 0.6 is 0 Å². The molecule has 1 aromatic heterocycles. The summed E-state index contributed by atoms with van der Waals surface area (Å²) in [6, 6.07) is 5.52. The molecule has 1 rings (SSSR count). The lowest BCUT2D eigenvalue weighted by atomic mass is 10.1. The monoisotopic (exact) mass is 280 g/mol. The minimum atomic E-state index is -0.681. The lowest BCUT2D eigenvalue weighted by Gasteiger charge is -2.25. The van der Waals surface area contributed by atoms with Crippen molar-refractivity contribution in [1.29, 1.82) is 0 Å². The summed E-state index contributed by atoms with van der Waals surface area (Å²) >= 11 is 0. The summed E-state index contributed by atoms with van der Waals surface area (Å²) < 4.78 is 5.25. The number of aryl methyl sites for hydroxylation is 1. The van der Waals surface area contributed by atoms with Crippen molar-refractivity contribution < 1.29 is 14.6 Å². The van der Waals surface area contributed by atoms with E-state index in [2.05, 4.69) is 4.98 Å². The van der Waals surface area contributed by atoms with E-state index < -0.39 is 11.7 Å². The Labute approximate surface area is 120 Å². The maximum absolute atomic E-state index is 11.8. The van der Waals surface area contributed by atoms with Crippen LogP contribution in [0.25, 0.3) is 0 Å². The predicted molar refractivity (Wildman–Crippen MR) is 77.4 cm³/mol. The van der Waals surface area contributed by atoms with Gasteiger partial charge in [0.25, 0.3) is 0 Å². The number of rotatable bonds is 4. The van der Waals surface area contributed by atoms with E-state index >= 15 is 0 Å². The Morgan fingerprint density at radius 3 is 2.65 bits per heavy atom. The van der Waals surface area contributed by atoms with Gasteiger partial charge in [0.15, 0.2) is 0 Å². The second-order valence-electron chi connectivity index (χ2n) is 5.91. The number of pyridine rings is 1. The molecule has 20 heavy (non-hydrogen) atoms. The zero-order chi connectivity index (χ0) is 15.3. The van der Waals surface area contributed by atoms with Crippen molar-refractivity contribution in [3.63, 3.8) is 0 Å². The summed E-state index contributed by atoms with van der Waals surface area (Å²) in [5.41, 5.74) is 0.979. The highest BCUT2D eigenvalue weighted by molar-refractivity contribution is 5.67. The summed E-state index contributed by atoms with van der Waals surface area (Å²) in [6.07, 6.45) is -0.645. The molecular formula is C15H24N2O3. The Balaban J connectivity index is 2.48. The average molecular weight is 280 g/mol. The number of carbonyl (C=O) groups excluding carboxylic acids is 1. The first-order valence-corrected chi connectivity index (χ1v) is 6.75. The maximum Gasteiger partial charge on any atom is 0.410 e. The van der Waals surface area contributed by atoms with E-state index in [1.807, 2.05) is 39.8 Å². The molecule has 0 spiro atoms. The van der Waals surface area contributed by atoms with E-state index in [0.717, 1.165) is 5.69 Å². The van der Waals surface area contributed by atoms with Crippen LogP contribution in [0.4, 0.5) is 4.79 Å². The fourth-order valence-corrected chi connectivity index (χ4v) is 1.64. The third kappa shape index (κ3) is 5.57. The lowest BCUT2D eigenvalue weighted by Crippen LogP contribution is -2.35. The van der Waals surface area contributed by atoms with Crippen molar-refractivity contribution in [1.82, 2.24) is 9.88 Å². The zero-order valence-corrected chi connectivity index (χ0v) is 12.9. The second-order valence-corrected chi connectivity index (χ2v) is 5.91. The molecule has 1 heterocycles. The molecule has 1 atom stereocenters. The Hall–Kier alpha value is -1.62. The molecule has 5 nitrogen and oxygen atoms in total. The van der Waals surface area contributed by atoms with Crippen molar-refractivity contribution in [2.45, 2.75) is 45.8 Å². The smallest absolute Gasteiger partial charge is 0.410 e. The van der Waals surface area contributed by atoms with Crippen LogP contribution in [0.15, 0.2) is 18.2 Å². The second kappa shape index (κ2) is 6.70. The van der Waals surface area contributed by atoms with Gasteiger partial charge in [0, 0.05) is 19.3 Å². The first-order valence-electron chi connectivity index (χ1n) is 6.75.